The standard InChI is InChI=1S/C18H17NO2/c1-13-7-9-16(10-8-13)18(21)12-11-15-5-3-4-6-17(15)19-14(2)20/h3-10,18,21H,1-2H3,(H,19,20). The quantitative estimate of drug-likeness (QED) is 0.830. The number of carbonyl (C=O) groups is 1. The maximum atomic E-state index is 11.1. The number of rotatable bonds is 2. The van der Waals surface area contributed by atoms with Crippen LogP contribution in [0.3, 0.4) is 0 Å². The minimum absolute atomic E-state index is 0.150. The summed E-state index contributed by atoms with van der Waals surface area (Å²) < 4.78 is 0. The molecule has 0 aliphatic rings. The molecular formula is C18H17NO2. The van der Waals surface area contributed by atoms with Gasteiger partial charge in [0, 0.05) is 12.5 Å². The molecule has 0 radical (unpaired) electrons. The second-order valence-corrected chi connectivity index (χ2v) is 4.81. The SMILES string of the molecule is CC(=O)Nc1ccccc1C#CC(O)c1ccc(C)cc1. The minimum Gasteiger partial charge on any atom is -0.376 e. The van der Waals surface area contributed by atoms with Crippen molar-refractivity contribution in [3.63, 3.8) is 0 Å². The van der Waals surface area contributed by atoms with Crippen LogP contribution in [0.5, 0.6) is 0 Å². The maximum Gasteiger partial charge on any atom is 0.221 e. The van der Waals surface area contributed by atoms with Crippen LogP contribution in [0.15, 0.2) is 48.5 Å². The van der Waals surface area contributed by atoms with Crippen LogP contribution < -0.4 is 5.32 Å². The monoisotopic (exact) mass is 279 g/mol. The molecule has 2 rings (SSSR count). The molecule has 1 atom stereocenters. The molecule has 106 valence electrons. The number of amides is 1. The zero-order chi connectivity index (χ0) is 15.2. The lowest BCUT2D eigenvalue weighted by atomic mass is 10.1. The molecule has 0 heterocycles. The van der Waals surface area contributed by atoms with Crippen LogP contribution in [0.4, 0.5) is 5.69 Å². The largest absolute Gasteiger partial charge is 0.376 e. The van der Waals surface area contributed by atoms with Crippen molar-refractivity contribution in [2.75, 3.05) is 5.32 Å². The highest BCUT2D eigenvalue weighted by Crippen LogP contribution is 2.16. The fourth-order valence-electron chi connectivity index (χ4n) is 1.87. The summed E-state index contributed by atoms with van der Waals surface area (Å²) in [5, 5.41) is 12.8. The van der Waals surface area contributed by atoms with Crippen molar-refractivity contribution in [2.45, 2.75) is 20.0 Å². The Balaban J connectivity index is 2.22. The first-order valence-corrected chi connectivity index (χ1v) is 6.69. The Hall–Kier alpha value is -2.57. The van der Waals surface area contributed by atoms with Gasteiger partial charge in [0.15, 0.2) is 0 Å². The van der Waals surface area contributed by atoms with Crippen LogP contribution >= 0.6 is 0 Å². The third-order valence-corrected chi connectivity index (χ3v) is 2.97. The molecule has 2 aromatic rings. The van der Waals surface area contributed by atoms with E-state index in [1.165, 1.54) is 6.92 Å². The molecule has 0 fully saturated rings. The van der Waals surface area contributed by atoms with Gasteiger partial charge in [-0.05, 0) is 24.6 Å². The summed E-state index contributed by atoms with van der Waals surface area (Å²) in [6.07, 6.45) is -0.851. The minimum atomic E-state index is -0.851. The predicted octanol–water partition coefficient (Wildman–Crippen LogP) is 3.04. The van der Waals surface area contributed by atoms with Gasteiger partial charge in [0.25, 0.3) is 0 Å². The summed E-state index contributed by atoms with van der Waals surface area (Å²) in [4.78, 5) is 11.1. The lowest BCUT2D eigenvalue weighted by Gasteiger charge is -2.06. The zero-order valence-corrected chi connectivity index (χ0v) is 12.1. The number of anilines is 1. The highest BCUT2D eigenvalue weighted by molar-refractivity contribution is 5.90. The van der Waals surface area contributed by atoms with Crippen molar-refractivity contribution >= 4 is 11.6 Å². The maximum absolute atomic E-state index is 11.1. The Morgan fingerprint density at radius 1 is 1.14 bits per heavy atom. The molecule has 0 aliphatic heterocycles. The van der Waals surface area contributed by atoms with E-state index in [1.54, 1.807) is 12.1 Å². The average Bonchev–Trinajstić information content (AvgIpc) is 2.46. The van der Waals surface area contributed by atoms with E-state index in [9.17, 15) is 9.90 Å². The average molecular weight is 279 g/mol. The smallest absolute Gasteiger partial charge is 0.221 e. The van der Waals surface area contributed by atoms with Crippen LogP contribution in [0.2, 0.25) is 0 Å². The molecule has 0 aromatic heterocycles. The van der Waals surface area contributed by atoms with E-state index in [-0.39, 0.29) is 5.91 Å². The molecule has 0 bridgehead atoms. The second-order valence-electron chi connectivity index (χ2n) is 4.81. The van der Waals surface area contributed by atoms with E-state index in [1.807, 2.05) is 43.3 Å². The summed E-state index contributed by atoms with van der Waals surface area (Å²) in [5.74, 6) is 5.57. The molecule has 0 saturated carbocycles. The van der Waals surface area contributed by atoms with E-state index >= 15 is 0 Å². The van der Waals surface area contributed by atoms with Crippen molar-refractivity contribution in [2.24, 2.45) is 0 Å². The summed E-state index contributed by atoms with van der Waals surface area (Å²) in [6, 6.07) is 14.8. The number of benzene rings is 2. The lowest BCUT2D eigenvalue weighted by Crippen LogP contribution is -2.07. The first kappa shape index (κ1) is 14.8. The summed E-state index contributed by atoms with van der Waals surface area (Å²) >= 11 is 0. The molecular weight excluding hydrogens is 262 g/mol. The van der Waals surface area contributed by atoms with Crippen LogP contribution in [-0.4, -0.2) is 11.0 Å². The fourth-order valence-corrected chi connectivity index (χ4v) is 1.87. The van der Waals surface area contributed by atoms with Gasteiger partial charge >= 0.3 is 0 Å². The van der Waals surface area contributed by atoms with Crippen molar-refractivity contribution in [3.8, 4) is 11.8 Å². The van der Waals surface area contributed by atoms with Gasteiger partial charge < -0.3 is 10.4 Å². The molecule has 3 nitrogen and oxygen atoms in total. The van der Waals surface area contributed by atoms with Crippen LogP contribution in [0.1, 0.15) is 29.7 Å². The predicted molar refractivity (Wildman–Crippen MR) is 83.8 cm³/mol. The molecule has 21 heavy (non-hydrogen) atoms. The topological polar surface area (TPSA) is 49.3 Å². The molecule has 2 N–H and O–H groups in total. The number of aliphatic hydroxyl groups excluding tert-OH is 1. The van der Waals surface area contributed by atoms with Crippen LogP contribution in [-0.2, 0) is 4.79 Å². The number of para-hydroxylation sites is 1. The van der Waals surface area contributed by atoms with E-state index in [4.69, 9.17) is 0 Å². The molecule has 1 unspecified atom stereocenters. The summed E-state index contributed by atoms with van der Waals surface area (Å²) in [7, 11) is 0. The Labute approximate surface area is 124 Å². The Bertz CT molecular complexity index is 693. The Kier molecular flexibility index (Phi) is 4.76. The van der Waals surface area contributed by atoms with Crippen molar-refractivity contribution in [3.05, 3.63) is 65.2 Å². The number of hydrogen-bond donors (Lipinski definition) is 2. The second kappa shape index (κ2) is 6.74. The van der Waals surface area contributed by atoms with Gasteiger partial charge in [-0.1, -0.05) is 53.8 Å². The van der Waals surface area contributed by atoms with Gasteiger partial charge in [0.1, 0.15) is 6.10 Å². The number of carbonyl (C=O) groups excluding carboxylic acids is 1. The third kappa shape index (κ3) is 4.20. The van der Waals surface area contributed by atoms with Crippen LogP contribution in [0, 0.1) is 18.8 Å². The van der Waals surface area contributed by atoms with Crippen molar-refractivity contribution < 1.29 is 9.90 Å². The Morgan fingerprint density at radius 2 is 1.81 bits per heavy atom. The van der Waals surface area contributed by atoms with E-state index in [0.717, 1.165) is 11.1 Å². The fraction of sp³-hybridized carbons (Fsp3) is 0.167. The molecule has 1 amide bonds. The molecule has 0 spiro atoms. The zero-order valence-electron chi connectivity index (χ0n) is 12.1. The first-order chi connectivity index (χ1) is 10.1. The van der Waals surface area contributed by atoms with Gasteiger partial charge in [-0.15, -0.1) is 0 Å². The third-order valence-electron chi connectivity index (χ3n) is 2.97. The first-order valence-electron chi connectivity index (χ1n) is 6.69. The van der Waals surface area contributed by atoms with Crippen molar-refractivity contribution in [1.82, 2.24) is 0 Å². The van der Waals surface area contributed by atoms with Gasteiger partial charge in [-0.3, -0.25) is 4.79 Å². The molecule has 3 heteroatoms. The number of nitrogens with one attached hydrogen (secondary N) is 1. The molecule has 0 saturated heterocycles. The Morgan fingerprint density at radius 3 is 2.48 bits per heavy atom. The highest BCUT2D eigenvalue weighted by Gasteiger charge is 2.04. The van der Waals surface area contributed by atoms with Gasteiger partial charge in [0.05, 0.1) is 5.69 Å². The van der Waals surface area contributed by atoms with Gasteiger partial charge in [-0.25, -0.2) is 0 Å². The highest BCUT2D eigenvalue weighted by atomic mass is 16.3. The lowest BCUT2D eigenvalue weighted by molar-refractivity contribution is -0.114. The van der Waals surface area contributed by atoms with Crippen molar-refractivity contribution in [1.29, 1.82) is 0 Å². The summed E-state index contributed by atoms with van der Waals surface area (Å²) in [5.41, 5.74) is 3.22. The van der Waals surface area contributed by atoms with E-state index < -0.39 is 6.10 Å². The number of aryl methyl sites for hydroxylation is 1. The molecule has 0 aliphatic carbocycles. The number of hydrogen-bond acceptors (Lipinski definition) is 2. The van der Waals surface area contributed by atoms with Gasteiger partial charge in [-0.2, -0.15) is 0 Å². The van der Waals surface area contributed by atoms with E-state index in [2.05, 4.69) is 17.2 Å². The van der Waals surface area contributed by atoms with E-state index in [0.29, 0.717) is 11.3 Å². The number of aliphatic hydroxyl groups is 1. The normalized spacial score (nSPS) is 11.2. The molecule has 2 aromatic carbocycles. The van der Waals surface area contributed by atoms with Crippen LogP contribution in [0.25, 0.3) is 0 Å². The van der Waals surface area contributed by atoms with Gasteiger partial charge in [0.2, 0.25) is 5.91 Å². The summed E-state index contributed by atoms with van der Waals surface area (Å²) in [6.45, 7) is 3.44.